The van der Waals surface area contributed by atoms with Crippen LogP contribution in [0.4, 0.5) is 4.39 Å². The Morgan fingerprint density at radius 3 is 2.63 bits per heavy atom. The van der Waals surface area contributed by atoms with Gasteiger partial charge in [-0.2, -0.15) is 0 Å². The number of hydrogen-bond acceptors (Lipinski definition) is 2. The van der Waals surface area contributed by atoms with E-state index in [2.05, 4.69) is 4.98 Å². The molecule has 0 bridgehead atoms. The van der Waals surface area contributed by atoms with Crippen molar-refractivity contribution in [2.45, 2.75) is 20.3 Å². The fraction of sp³-hybridized carbons (Fsp3) is 0.267. The summed E-state index contributed by atoms with van der Waals surface area (Å²) < 4.78 is 13.2. The van der Waals surface area contributed by atoms with Crippen molar-refractivity contribution in [2.24, 2.45) is 5.92 Å². The van der Waals surface area contributed by atoms with Crippen LogP contribution in [0.5, 0.6) is 5.75 Å². The highest BCUT2D eigenvalue weighted by atomic mass is 19.1. The molecule has 1 aromatic heterocycles. The van der Waals surface area contributed by atoms with Gasteiger partial charge in [-0.3, -0.25) is 4.79 Å². The van der Waals surface area contributed by atoms with Crippen LogP contribution in [-0.4, -0.2) is 10.1 Å². The summed E-state index contributed by atoms with van der Waals surface area (Å²) in [6.45, 7) is 4.05. The largest absolute Gasteiger partial charge is 0.507 e. The summed E-state index contributed by atoms with van der Waals surface area (Å²) >= 11 is 0. The molecule has 0 aliphatic carbocycles. The van der Waals surface area contributed by atoms with Crippen molar-refractivity contribution in [1.29, 1.82) is 0 Å². The topological polar surface area (TPSA) is 53.1 Å². The van der Waals surface area contributed by atoms with Gasteiger partial charge in [0.25, 0.3) is 5.56 Å². The third-order valence-electron chi connectivity index (χ3n) is 2.81. The average molecular weight is 261 g/mol. The first-order chi connectivity index (χ1) is 8.97. The molecule has 2 N–H and O–H groups in total. The van der Waals surface area contributed by atoms with Crippen LogP contribution in [0.1, 0.15) is 19.5 Å². The first-order valence-electron chi connectivity index (χ1n) is 6.18. The zero-order valence-corrected chi connectivity index (χ0v) is 10.9. The quantitative estimate of drug-likeness (QED) is 0.892. The fourth-order valence-electron chi connectivity index (χ4n) is 2.07. The molecule has 4 heteroatoms. The van der Waals surface area contributed by atoms with Crippen molar-refractivity contribution < 1.29 is 9.50 Å². The van der Waals surface area contributed by atoms with Gasteiger partial charge in [0.2, 0.25) is 0 Å². The van der Waals surface area contributed by atoms with E-state index in [1.807, 2.05) is 13.8 Å². The van der Waals surface area contributed by atoms with Crippen LogP contribution in [0.15, 0.2) is 35.1 Å². The third-order valence-corrected chi connectivity index (χ3v) is 2.81. The lowest BCUT2D eigenvalue weighted by molar-refractivity contribution is 0.473. The molecule has 0 aliphatic heterocycles. The number of H-pyrrole nitrogens is 1. The van der Waals surface area contributed by atoms with E-state index >= 15 is 0 Å². The summed E-state index contributed by atoms with van der Waals surface area (Å²) in [6.07, 6.45) is 0.673. The van der Waals surface area contributed by atoms with Crippen LogP contribution in [0.25, 0.3) is 11.1 Å². The van der Waals surface area contributed by atoms with Gasteiger partial charge in [0.15, 0.2) is 0 Å². The van der Waals surface area contributed by atoms with Crippen LogP contribution >= 0.6 is 0 Å². The maximum absolute atomic E-state index is 13.2. The monoisotopic (exact) mass is 261 g/mol. The number of benzene rings is 1. The smallest absolute Gasteiger partial charge is 0.259 e. The second-order valence-corrected chi connectivity index (χ2v) is 4.99. The number of aromatic nitrogens is 1. The molecule has 0 amide bonds. The molecule has 3 nitrogen and oxygen atoms in total. The molecule has 2 aromatic rings. The summed E-state index contributed by atoms with van der Waals surface area (Å²) in [7, 11) is 0. The standard InChI is InChI=1S/C15H16FNO2/c1-9(2)6-12-8-13(18)14(15(19)17-12)10-4-3-5-11(16)7-10/h3-5,7-9H,6H2,1-2H3,(H2,17,18,19). The van der Waals surface area contributed by atoms with Gasteiger partial charge in [-0.05, 0) is 30.0 Å². The van der Waals surface area contributed by atoms with Gasteiger partial charge in [-0.1, -0.05) is 26.0 Å². The number of rotatable bonds is 3. The number of nitrogens with one attached hydrogen (secondary N) is 1. The van der Waals surface area contributed by atoms with Crippen LogP contribution in [0, 0.1) is 11.7 Å². The average Bonchev–Trinajstić information content (AvgIpc) is 2.26. The molecule has 2 rings (SSSR count). The summed E-state index contributed by atoms with van der Waals surface area (Å²) in [4.78, 5) is 14.7. The normalized spacial score (nSPS) is 10.9. The molecular weight excluding hydrogens is 245 g/mol. The number of aromatic hydroxyl groups is 1. The van der Waals surface area contributed by atoms with E-state index in [0.29, 0.717) is 23.6 Å². The molecular formula is C15H16FNO2. The Morgan fingerprint density at radius 2 is 2.05 bits per heavy atom. The van der Waals surface area contributed by atoms with Crippen LogP contribution in [0.3, 0.4) is 0 Å². The van der Waals surface area contributed by atoms with Gasteiger partial charge in [0.05, 0.1) is 5.56 Å². The lowest BCUT2D eigenvalue weighted by Gasteiger charge is -2.09. The molecule has 0 saturated heterocycles. The molecule has 0 unspecified atom stereocenters. The Labute approximate surface area is 110 Å². The van der Waals surface area contributed by atoms with E-state index < -0.39 is 11.4 Å². The van der Waals surface area contributed by atoms with Crippen molar-refractivity contribution in [3.63, 3.8) is 0 Å². The minimum Gasteiger partial charge on any atom is -0.507 e. The van der Waals surface area contributed by atoms with Gasteiger partial charge in [0, 0.05) is 11.8 Å². The Balaban J connectivity index is 2.51. The SMILES string of the molecule is CC(C)Cc1cc(O)c(-c2cccc(F)c2)c(=O)[nH]1. The third kappa shape index (κ3) is 3.02. The minimum absolute atomic E-state index is 0.104. The molecule has 1 aromatic carbocycles. The van der Waals surface area contributed by atoms with Gasteiger partial charge in [0.1, 0.15) is 11.6 Å². The Hall–Kier alpha value is -2.10. The van der Waals surface area contributed by atoms with Crippen molar-refractivity contribution >= 4 is 0 Å². The van der Waals surface area contributed by atoms with E-state index in [1.165, 1.54) is 24.3 Å². The summed E-state index contributed by atoms with van der Waals surface area (Å²) in [5.74, 6) is -0.192. The zero-order chi connectivity index (χ0) is 14.0. The van der Waals surface area contributed by atoms with E-state index in [4.69, 9.17) is 0 Å². The molecule has 0 fully saturated rings. The van der Waals surface area contributed by atoms with Crippen LogP contribution < -0.4 is 5.56 Å². The first-order valence-corrected chi connectivity index (χ1v) is 6.18. The molecule has 0 saturated carbocycles. The number of aromatic amines is 1. The van der Waals surface area contributed by atoms with Crippen molar-refractivity contribution in [3.8, 4) is 16.9 Å². The number of halogens is 1. The van der Waals surface area contributed by atoms with Gasteiger partial charge in [-0.15, -0.1) is 0 Å². The second-order valence-electron chi connectivity index (χ2n) is 4.99. The molecule has 100 valence electrons. The highest BCUT2D eigenvalue weighted by Crippen LogP contribution is 2.26. The van der Waals surface area contributed by atoms with Crippen molar-refractivity contribution in [2.75, 3.05) is 0 Å². The predicted octanol–water partition coefficient (Wildman–Crippen LogP) is 3.09. The summed E-state index contributed by atoms with van der Waals surface area (Å²) in [5.41, 5.74) is 0.751. The van der Waals surface area contributed by atoms with Gasteiger partial charge >= 0.3 is 0 Å². The highest BCUT2D eigenvalue weighted by molar-refractivity contribution is 5.69. The lowest BCUT2D eigenvalue weighted by Crippen LogP contribution is -2.13. The van der Waals surface area contributed by atoms with E-state index in [1.54, 1.807) is 6.07 Å². The fourth-order valence-corrected chi connectivity index (χ4v) is 2.07. The zero-order valence-electron chi connectivity index (χ0n) is 10.9. The van der Waals surface area contributed by atoms with Crippen molar-refractivity contribution in [3.05, 3.63) is 52.2 Å². The lowest BCUT2D eigenvalue weighted by atomic mass is 10.0. The Bertz CT molecular complexity index is 647. The van der Waals surface area contributed by atoms with Crippen LogP contribution in [0.2, 0.25) is 0 Å². The van der Waals surface area contributed by atoms with Crippen molar-refractivity contribution in [1.82, 2.24) is 4.98 Å². The van der Waals surface area contributed by atoms with Gasteiger partial charge < -0.3 is 10.1 Å². The summed E-state index contributed by atoms with van der Waals surface area (Å²) in [6, 6.07) is 7.15. The second kappa shape index (κ2) is 5.26. The molecule has 0 aliphatic rings. The maximum atomic E-state index is 13.2. The Morgan fingerprint density at radius 1 is 1.32 bits per heavy atom. The van der Waals surface area contributed by atoms with E-state index in [0.717, 1.165) is 0 Å². The summed E-state index contributed by atoms with van der Waals surface area (Å²) in [5, 5.41) is 9.99. The first kappa shape index (κ1) is 13.3. The predicted molar refractivity (Wildman–Crippen MR) is 72.7 cm³/mol. The van der Waals surface area contributed by atoms with Gasteiger partial charge in [-0.25, -0.2) is 4.39 Å². The van der Waals surface area contributed by atoms with E-state index in [9.17, 15) is 14.3 Å². The maximum Gasteiger partial charge on any atom is 0.259 e. The van der Waals surface area contributed by atoms with Crippen LogP contribution in [-0.2, 0) is 6.42 Å². The Kier molecular flexibility index (Phi) is 3.69. The molecule has 1 heterocycles. The highest BCUT2D eigenvalue weighted by Gasteiger charge is 2.12. The minimum atomic E-state index is -0.442. The number of pyridine rings is 1. The molecule has 19 heavy (non-hydrogen) atoms. The molecule has 0 atom stereocenters. The number of hydrogen-bond donors (Lipinski definition) is 2. The molecule has 0 radical (unpaired) electrons. The van der Waals surface area contributed by atoms with E-state index in [-0.39, 0.29) is 11.3 Å². The molecule has 0 spiro atoms.